The fourth-order valence-electron chi connectivity index (χ4n) is 3.16. The van der Waals surface area contributed by atoms with Crippen LogP contribution in [0.3, 0.4) is 0 Å². The second-order valence-electron chi connectivity index (χ2n) is 5.75. The monoisotopic (exact) mass is 280 g/mol. The lowest BCUT2D eigenvalue weighted by Gasteiger charge is -2.15. The molecule has 0 unspecified atom stereocenters. The first-order valence-corrected chi connectivity index (χ1v) is 7.65. The van der Waals surface area contributed by atoms with Crippen molar-refractivity contribution in [2.24, 2.45) is 11.8 Å². The fourth-order valence-corrected chi connectivity index (χ4v) is 3.16. The highest BCUT2D eigenvalue weighted by molar-refractivity contribution is 5.73. The van der Waals surface area contributed by atoms with Gasteiger partial charge in [0, 0.05) is 12.3 Å². The number of hydrogen-bond acceptors (Lipinski definition) is 4. The van der Waals surface area contributed by atoms with Gasteiger partial charge in [-0.25, -0.2) is 0 Å². The standard InChI is InChI=1S/C16H24O4/c1-19-15(17)8-6-4-2-3-5-7-12-9-10-14-13(12)11-16(18)20-14/h9-10,12-14H,2-8,11H2,1H3/t12-,13-,14+/m0/s1. The Bertz CT molecular complexity index is 375. The van der Waals surface area contributed by atoms with Gasteiger partial charge in [0.2, 0.25) is 0 Å². The van der Waals surface area contributed by atoms with Crippen LogP contribution in [0.1, 0.15) is 51.4 Å². The topological polar surface area (TPSA) is 52.6 Å². The highest BCUT2D eigenvalue weighted by Crippen LogP contribution is 2.38. The van der Waals surface area contributed by atoms with Gasteiger partial charge in [-0.3, -0.25) is 9.59 Å². The minimum absolute atomic E-state index is 0.0443. The van der Waals surface area contributed by atoms with Crippen LogP contribution in [0.5, 0.6) is 0 Å². The molecule has 0 radical (unpaired) electrons. The van der Waals surface area contributed by atoms with Gasteiger partial charge in [0.15, 0.2) is 0 Å². The van der Waals surface area contributed by atoms with Gasteiger partial charge in [-0.05, 0) is 24.8 Å². The third-order valence-corrected chi connectivity index (χ3v) is 4.34. The minimum atomic E-state index is -0.113. The zero-order chi connectivity index (χ0) is 14.4. The Kier molecular flexibility index (Phi) is 5.62. The Balaban J connectivity index is 1.51. The van der Waals surface area contributed by atoms with E-state index in [-0.39, 0.29) is 18.0 Å². The molecule has 0 N–H and O–H groups in total. The lowest BCUT2D eigenvalue weighted by Crippen LogP contribution is -2.14. The number of methoxy groups -OCH3 is 1. The Hall–Kier alpha value is -1.32. The molecule has 20 heavy (non-hydrogen) atoms. The van der Waals surface area contributed by atoms with Gasteiger partial charge in [-0.1, -0.05) is 31.8 Å². The van der Waals surface area contributed by atoms with Crippen molar-refractivity contribution in [2.75, 3.05) is 7.11 Å². The van der Waals surface area contributed by atoms with Gasteiger partial charge in [-0.2, -0.15) is 0 Å². The lowest BCUT2D eigenvalue weighted by atomic mass is 9.88. The molecule has 112 valence electrons. The van der Waals surface area contributed by atoms with Crippen LogP contribution in [-0.4, -0.2) is 25.2 Å². The van der Waals surface area contributed by atoms with Gasteiger partial charge in [0.1, 0.15) is 6.10 Å². The molecule has 0 amide bonds. The average molecular weight is 280 g/mol. The maximum absolute atomic E-state index is 11.2. The van der Waals surface area contributed by atoms with Gasteiger partial charge in [0.05, 0.1) is 13.5 Å². The molecular weight excluding hydrogens is 256 g/mol. The van der Waals surface area contributed by atoms with Crippen molar-refractivity contribution in [3.63, 3.8) is 0 Å². The summed E-state index contributed by atoms with van der Waals surface area (Å²) in [5.74, 6) is 0.749. The predicted octanol–water partition coefficient (Wildman–Crippen LogP) is 3.01. The van der Waals surface area contributed by atoms with Crippen LogP contribution in [0.15, 0.2) is 12.2 Å². The number of carbonyl (C=O) groups excluding carboxylic acids is 2. The Morgan fingerprint density at radius 3 is 2.80 bits per heavy atom. The molecule has 4 heteroatoms. The van der Waals surface area contributed by atoms with Crippen LogP contribution in [0.4, 0.5) is 0 Å². The fraction of sp³-hybridized carbons (Fsp3) is 0.750. The smallest absolute Gasteiger partial charge is 0.306 e. The SMILES string of the molecule is COC(=O)CCCCCCC[C@H]1C=C[C@H]2OC(=O)C[C@@H]12. The highest BCUT2D eigenvalue weighted by Gasteiger charge is 2.40. The van der Waals surface area contributed by atoms with Crippen molar-refractivity contribution in [3.8, 4) is 0 Å². The maximum Gasteiger partial charge on any atom is 0.306 e. The largest absolute Gasteiger partial charge is 0.469 e. The molecule has 1 heterocycles. The van der Waals surface area contributed by atoms with Gasteiger partial charge in [0.25, 0.3) is 0 Å². The van der Waals surface area contributed by atoms with E-state index in [1.54, 1.807) is 0 Å². The maximum atomic E-state index is 11.2. The molecule has 1 fully saturated rings. The van der Waals surface area contributed by atoms with Crippen LogP contribution in [0, 0.1) is 11.8 Å². The molecule has 0 spiro atoms. The highest BCUT2D eigenvalue weighted by atomic mass is 16.5. The Morgan fingerprint density at radius 2 is 2.00 bits per heavy atom. The van der Waals surface area contributed by atoms with E-state index in [1.807, 2.05) is 0 Å². The summed E-state index contributed by atoms with van der Waals surface area (Å²) in [5.41, 5.74) is 0. The lowest BCUT2D eigenvalue weighted by molar-refractivity contribution is -0.141. The molecule has 4 nitrogen and oxygen atoms in total. The zero-order valence-electron chi connectivity index (χ0n) is 12.2. The summed E-state index contributed by atoms with van der Waals surface area (Å²) in [5, 5.41) is 0. The number of unbranched alkanes of at least 4 members (excludes halogenated alkanes) is 4. The number of carbonyl (C=O) groups is 2. The molecule has 1 aliphatic carbocycles. The zero-order valence-corrected chi connectivity index (χ0v) is 12.2. The molecule has 0 aromatic carbocycles. The minimum Gasteiger partial charge on any atom is -0.469 e. The summed E-state index contributed by atoms with van der Waals surface area (Å²) in [7, 11) is 1.43. The summed E-state index contributed by atoms with van der Waals surface area (Å²) in [6.07, 6.45) is 12.1. The summed E-state index contributed by atoms with van der Waals surface area (Å²) in [6, 6.07) is 0. The molecule has 3 atom stereocenters. The Morgan fingerprint density at radius 1 is 1.25 bits per heavy atom. The van der Waals surface area contributed by atoms with Crippen molar-refractivity contribution in [1.29, 1.82) is 0 Å². The molecule has 2 rings (SSSR count). The Labute approximate surface area is 120 Å². The van der Waals surface area contributed by atoms with E-state index >= 15 is 0 Å². The third-order valence-electron chi connectivity index (χ3n) is 4.34. The average Bonchev–Trinajstić information content (AvgIpc) is 2.97. The quantitative estimate of drug-likeness (QED) is 0.389. The number of allylic oxidation sites excluding steroid dienone is 1. The number of hydrogen-bond donors (Lipinski definition) is 0. The summed E-state index contributed by atoms with van der Waals surface area (Å²) < 4.78 is 9.85. The van der Waals surface area contributed by atoms with E-state index in [0.29, 0.717) is 24.7 Å². The van der Waals surface area contributed by atoms with E-state index in [2.05, 4.69) is 16.9 Å². The van der Waals surface area contributed by atoms with Crippen molar-refractivity contribution in [1.82, 2.24) is 0 Å². The van der Waals surface area contributed by atoms with Gasteiger partial charge >= 0.3 is 11.9 Å². The van der Waals surface area contributed by atoms with Crippen LogP contribution in [0.2, 0.25) is 0 Å². The molecule has 0 aromatic rings. The second kappa shape index (κ2) is 7.46. The number of fused-ring (bicyclic) bond motifs is 1. The molecular formula is C16H24O4. The number of ether oxygens (including phenoxy) is 2. The van der Waals surface area contributed by atoms with Crippen molar-refractivity contribution in [2.45, 2.75) is 57.5 Å². The summed E-state index contributed by atoms with van der Waals surface area (Å²) in [6.45, 7) is 0. The number of rotatable bonds is 8. The molecule has 0 aromatic heterocycles. The molecule has 0 saturated carbocycles. The molecule has 1 aliphatic heterocycles. The first-order valence-electron chi connectivity index (χ1n) is 7.65. The summed E-state index contributed by atoms with van der Waals surface area (Å²) >= 11 is 0. The van der Waals surface area contributed by atoms with Crippen LogP contribution >= 0.6 is 0 Å². The van der Waals surface area contributed by atoms with Crippen LogP contribution < -0.4 is 0 Å². The molecule has 0 bridgehead atoms. The van der Waals surface area contributed by atoms with Crippen LogP contribution in [0.25, 0.3) is 0 Å². The molecule has 2 aliphatic rings. The molecule has 1 saturated heterocycles. The predicted molar refractivity (Wildman–Crippen MR) is 75.0 cm³/mol. The first-order chi connectivity index (χ1) is 9.70. The normalized spacial score (nSPS) is 27.4. The van der Waals surface area contributed by atoms with Crippen molar-refractivity contribution >= 4 is 11.9 Å². The van der Waals surface area contributed by atoms with Crippen molar-refractivity contribution < 1.29 is 19.1 Å². The third kappa shape index (κ3) is 4.09. The van der Waals surface area contributed by atoms with Gasteiger partial charge in [-0.15, -0.1) is 0 Å². The van der Waals surface area contributed by atoms with Crippen molar-refractivity contribution in [3.05, 3.63) is 12.2 Å². The van der Waals surface area contributed by atoms with Gasteiger partial charge < -0.3 is 9.47 Å². The number of esters is 2. The van der Waals surface area contributed by atoms with E-state index in [0.717, 1.165) is 25.7 Å². The van der Waals surface area contributed by atoms with E-state index < -0.39 is 0 Å². The van der Waals surface area contributed by atoms with E-state index in [1.165, 1.54) is 20.0 Å². The first kappa shape index (κ1) is 15.1. The van der Waals surface area contributed by atoms with E-state index in [9.17, 15) is 9.59 Å². The summed E-state index contributed by atoms with van der Waals surface area (Å²) in [4.78, 5) is 22.2. The van der Waals surface area contributed by atoms with E-state index in [4.69, 9.17) is 4.74 Å². The van der Waals surface area contributed by atoms with Crippen LogP contribution in [-0.2, 0) is 19.1 Å². The second-order valence-corrected chi connectivity index (χ2v) is 5.75.